The lowest BCUT2D eigenvalue weighted by Crippen LogP contribution is -2.39. The molecule has 0 aliphatic carbocycles. The van der Waals surface area contributed by atoms with Gasteiger partial charge >= 0.3 is 0 Å². The number of anilines is 1. The molecule has 1 aliphatic rings. The van der Waals surface area contributed by atoms with Crippen LogP contribution in [0.15, 0.2) is 18.2 Å². The third-order valence-electron chi connectivity index (χ3n) is 3.70. The van der Waals surface area contributed by atoms with Crippen LogP contribution in [0.2, 0.25) is 0 Å². The Labute approximate surface area is 120 Å². The van der Waals surface area contributed by atoms with E-state index in [4.69, 9.17) is 10.5 Å². The van der Waals surface area contributed by atoms with Gasteiger partial charge in [-0.15, -0.1) is 0 Å². The van der Waals surface area contributed by atoms with Crippen molar-refractivity contribution in [3.63, 3.8) is 0 Å². The summed E-state index contributed by atoms with van der Waals surface area (Å²) >= 11 is 0. The van der Waals surface area contributed by atoms with Crippen molar-refractivity contribution in [2.75, 3.05) is 39.5 Å². The molecule has 0 radical (unpaired) electrons. The number of ether oxygens (including phenoxy) is 1. The zero-order valence-corrected chi connectivity index (χ0v) is 12.2. The maximum absolute atomic E-state index is 12.2. The Hall–Kier alpha value is -1.75. The Morgan fingerprint density at radius 3 is 3.00 bits per heavy atom. The van der Waals surface area contributed by atoms with E-state index in [0.717, 1.165) is 13.1 Å². The molecule has 3 N–H and O–H groups in total. The fraction of sp³-hybridized carbons (Fsp3) is 0.533. The van der Waals surface area contributed by atoms with Crippen LogP contribution < -0.4 is 15.8 Å². The number of hydrogen-bond acceptors (Lipinski definition) is 4. The van der Waals surface area contributed by atoms with E-state index < -0.39 is 0 Å². The molecule has 1 unspecified atom stereocenters. The highest BCUT2D eigenvalue weighted by molar-refractivity contribution is 5.95. The number of nitrogens with one attached hydrogen (secondary N) is 1. The summed E-state index contributed by atoms with van der Waals surface area (Å²) in [4.78, 5) is 14.5. The second-order valence-electron chi connectivity index (χ2n) is 5.48. The Morgan fingerprint density at radius 1 is 1.50 bits per heavy atom. The van der Waals surface area contributed by atoms with Gasteiger partial charge in [0.1, 0.15) is 5.75 Å². The van der Waals surface area contributed by atoms with E-state index in [1.165, 1.54) is 12.8 Å². The van der Waals surface area contributed by atoms with E-state index in [1.54, 1.807) is 25.3 Å². The van der Waals surface area contributed by atoms with E-state index in [2.05, 4.69) is 17.3 Å². The van der Waals surface area contributed by atoms with Crippen molar-refractivity contribution in [3.8, 4) is 5.75 Å². The van der Waals surface area contributed by atoms with Crippen molar-refractivity contribution in [1.29, 1.82) is 0 Å². The van der Waals surface area contributed by atoms with Crippen molar-refractivity contribution in [2.24, 2.45) is 5.92 Å². The van der Waals surface area contributed by atoms with Gasteiger partial charge in [-0.05, 0) is 44.5 Å². The van der Waals surface area contributed by atoms with Gasteiger partial charge < -0.3 is 20.7 Å². The Balaban J connectivity index is 1.93. The maximum Gasteiger partial charge on any atom is 0.251 e. The first-order valence-electron chi connectivity index (χ1n) is 7.00. The number of rotatable bonds is 4. The number of piperidine rings is 1. The Kier molecular flexibility index (Phi) is 4.84. The van der Waals surface area contributed by atoms with Crippen molar-refractivity contribution in [1.82, 2.24) is 10.2 Å². The lowest BCUT2D eigenvalue weighted by atomic mass is 9.98. The van der Waals surface area contributed by atoms with Crippen LogP contribution in [-0.2, 0) is 0 Å². The molecule has 1 heterocycles. The Bertz CT molecular complexity index is 476. The molecule has 20 heavy (non-hydrogen) atoms. The molecule has 2 rings (SSSR count). The molecular formula is C15H23N3O2. The molecule has 1 amide bonds. The maximum atomic E-state index is 12.2. The molecule has 1 aromatic rings. The number of nitrogens with zero attached hydrogens (tertiary/aromatic N) is 1. The minimum Gasteiger partial charge on any atom is -0.497 e. The summed E-state index contributed by atoms with van der Waals surface area (Å²) in [5, 5.41) is 2.99. The van der Waals surface area contributed by atoms with E-state index >= 15 is 0 Å². The minimum absolute atomic E-state index is 0.0937. The van der Waals surface area contributed by atoms with Crippen LogP contribution in [0, 0.1) is 5.92 Å². The van der Waals surface area contributed by atoms with Gasteiger partial charge in [-0.1, -0.05) is 0 Å². The summed E-state index contributed by atoms with van der Waals surface area (Å²) in [7, 11) is 3.69. The molecule has 1 aromatic carbocycles. The topological polar surface area (TPSA) is 67.6 Å². The first-order valence-corrected chi connectivity index (χ1v) is 7.00. The number of amides is 1. The van der Waals surface area contributed by atoms with Crippen molar-refractivity contribution >= 4 is 11.6 Å². The van der Waals surface area contributed by atoms with Crippen LogP contribution in [0.3, 0.4) is 0 Å². The number of benzene rings is 1. The van der Waals surface area contributed by atoms with Crippen LogP contribution in [0.25, 0.3) is 0 Å². The highest BCUT2D eigenvalue weighted by Crippen LogP contribution is 2.19. The number of nitrogens with two attached hydrogens (primary N) is 1. The summed E-state index contributed by atoms with van der Waals surface area (Å²) in [5.41, 5.74) is 6.84. The van der Waals surface area contributed by atoms with Crippen LogP contribution >= 0.6 is 0 Å². The SMILES string of the molecule is COc1cc(N)cc(C(=O)NCC2CCCN(C)C2)c1. The fourth-order valence-electron chi connectivity index (χ4n) is 2.65. The minimum atomic E-state index is -0.0937. The van der Waals surface area contributed by atoms with Crippen molar-refractivity contribution in [2.45, 2.75) is 12.8 Å². The quantitative estimate of drug-likeness (QED) is 0.815. The molecule has 0 spiro atoms. The number of methoxy groups -OCH3 is 1. The number of likely N-dealkylation sites (tertiary alicyclic amines) is 1. The predicted octanol–water partition coefficient (Wildman–Crippen LogP) is 1.35. The molecule has 0 aromatic heterocycles. The van der Waals surface area contributed by atoms with Crippen LogP contribution in [0.5, 0.6) is 5.75 Å². The van der Waals surface area contributed by atoms with Gasteiger partial charge in [-0.3, -0.25) is 4.79 Å². The number of nitrogen functional groups attached to an aromatic ring is 1. The summed E-state index contributed by atoms with van der Waals surface area (Å²) < 4.78 is 5.13. The fourth-order valence-corrected chi connectivity index (χ4v) is 2.65. The van der Waals surface area contributed by atoms with E-state index in [1.807, 2.05) is 0 Å². The molecule has 1 aliphatic heterocycles. The number of carbonyl (C=O) groups is 1. The monoisotopic (exact) mass is 277 g/mol. The highest BCUT2D eigenvalue weighted by Gasteiger charge is 2.18. The zero-order chi connectivity index (χ0) is 14.5. The first-order chi connectivity index (χ1) is 9.58. The standard InChI is InChI=1S/C15H23N3O2/c1-18-5-3-4-11(10-18)9-17-15(19)12-6-13(16)8-14(7-12)20-2/h6-8,11H,3-5,9-10,16H2,1-2H3,(H,17,19). The average Bonchev–Trinajstić information content (AvgIpc) is 2.44. The van der Waals surface area contributed by atoms with Crippen LogP contribution in [-0.4, -0.2) is 44.6 Å². The van der Waals surface area contributed by atoms with Gasteiger partial charge in [-0.2, -0.15) is 0 Å². The second-order valence-corrected chi connectivity index (χ2v) is 5.48. The molecule has 5 nitrogen and oxygen atoms in total. The smallest absolute Gasteiger partial charge is 0.251 e. The lowest BCUT2D eigenvalue weighted by Gasteiger charge is -2.29. The van der Waals surface area contributed by atoms with Gasteiger partial charge in [-0.25, -0.2) is 0 Å². The lowest BCUT2D eigenvalue weighted by molar-refractivity contribution is 0.0936. The molecule has 0 saturated carbocycles. The summed E-state index contributed by atoms with van der Waals surface area (Å²) in [6, 6.07) is 5.08. The normalized spacial score (nSPS) is 19.6. The highest BCUT2D eigenvalue weighted by atomic mass is 16.5. The van der Waals surface area contributed by atoms with Gasteiger partial charge in [0.15, 0.2) is 0 Å². The molecule has 0 bridgehead atoms. The third-order valence-corrected chi connectivity index (χ3v) is 3.70. The molecule has 110 valence electrons. The summed E-state index contributed by atoms with van der Waals surface area (Å²) in [6.07, 6.45) is 2.37. The summed E-state index contributed by atoms with van der Waals surface area (Å²) in [5.74, 6) is 1.04. The molecule has 1 saturated heterocycles. The molecule has 1 atom stereocenters. The number of carbonyl (C=O) groups excluding carboxylic acids is 1. The van der Waals surface area contributed by atoms with Gasteiger partial charge in [0.05, 0.1) is 7.11 Å². The second kappa shape index (κ2) is 6.61. The first kappa shape index (κ1) is 14.7. The van der Waals surface area contributed by atoms with Crippen LogP contribution in [0.4, 0.5) is 5.69 Å². The van der Waals surface area contributed by atoms with Crippen molar-refractivity contribution in [3.05, 3.63) is 23.8 Å². The third kappa shape index (κ3) is 3.87. The van der Waals surface area contributed by atoms with E-state index in [9.17, 15) is 4.79 Å². The zero-order valence-electron chi connectivity index (χ0n) is 12.2. The summed E-state index contributed by atoms with van der Waals surface area (Å²) in [6.45, 7) is 2.90. The average molecular weight is 277 g/mol. The van der Waals surface area contributed by atoms with Gasteiger partial charge in [0.2, 0.25) is 0 Å². The molecule has 1 fully saturated rings. The van der Waals surface area contributed by atoms with Crippen LogP contribution in [0.1, 0.15) is 23.2 Å². The predicted molar refractivity (Wildman–Crippen MR) is 80.0 cm³/mol. The van der Waals surface area contributed by atoms with Gasteiger partial charge in [0.25, 0.3) is 5.91 Å². The molecule has 5 heteroatoms. The van der Waals surface area contributed by atoms with Crippen molar-refractivity contribution < 1.29 is 9.53 Å². The molecular weight excluding hydrogens is 254 g/mol. The van der Waals surface area contributed by atoms with E-state index in [0.29, 0.717) is 29.5 Å². The largest absolute Gasteiger partial charge is 0.497 e. The van der Waals surface area contributed by atoms with Gasteiger partial charge in [0, 0.05) is 30.4 Å². The van der Waals surface area contributed by atoms with E-state index in [-0.39, 0.29) is 5.91 Å². The Morgan fingerprint density at radius 2 is 2.30 bits per heavy atom. The number of hydrogen-bond donors (Lipinski definition) is 2.